The molecule has 4 aromatic rings. The number of carbonyl (C=O) groups is 1. The van der Waals surface area contributed by atoms with Gasteiger partial charge in [0, 0.05) is 21.7 Å². The smallest absolute Gasteiger partial charge is 0.416 e. The predicted octanol–water partition coefficient (Wildman–Crippen LogP) is 6.52. The second-order valence-electron chi connectivity index (χ2n) is 6.84. The highest BCUT2D eigenvalue weighted by molar-refractivity contribution is 7.17. The van der Waals surface area contributed by atoms with E-state index in [1.165, 1.54) is 30.6 Å². The highest BCUT2D eigenvalue weighted by Crippen LogP contribution is 2.37. The van der Waals surface area contributed by atoms with Gasteiger partial charge in [-0.05, 0) is 35.2 Å². The molecule has 0 saturated heterocycles. The van der Waals surface area contributed by atoms with Crippen molar-refractivity contribution in [3.8, 4) is 17.1 Å². The van der Waals surface area contributed by atoms with Gasteiger partial charge < -0.3 is 14.0 Å². The monoisotopic (exact) mass is 481 g/mol. The van der Waals surface area contributed by atoms with E-state index < -0.39 is 11.7 Å². The van der Waals surface area contributed by atoms with E-state index in [0.717, 1.165) is 27.8 Å². The molecule has 0 aliphatic rings. The molecule has 5 nitrogen and oxygen atoms in total. The normalized spacial score (nSPS) is 11.7. The van der Waals surface area contributed by atoms with Gasteiger partial charge in [-0.2, -0.15) is 13.2 Å². The molecular formula is C22H15ClF3NO4S. The lowest BCUT2D eigenvalue weighted by Gasteiger charge is -2.06. The fraction of sp³-hybridized carbons (Fsp3) is 0.182. The molecule has 10 heteroatoms. The zero-order chi connectivity index (χ0) is 22.9. The molecule has 0 atom stereocenters. The van der Waals surface area contributed by atoms with Crippen LogP contribution in [0, 0.1) is 0 Å². The maximum absolute atomic E-state index is 12.7. The number of hydrogen-bond donors (Lipinski definition) is 0. The van der Waals surface area contributed by atoms with E-state index in [-0.39, 0.29) is 19.0 Å². The molecule has 0 radical (unpaired) electrons. The molecule has 32 heavy (non-hydrogen) atoms. The predicted molar refractivity (Wildman–Crippen MR) is 114 cm³/mol. The molecule has 166 valence electrons. The largest absolute Gasteiger partial charge is 0.487 e. The minimum atomic E-state index is -4.40. The SMILES string of the molecule is COC(=O)Cc1csc2cc(OCc3cc(-c4ccc(C(F)(F)F)cc4)on3)cc(Cl)c12. The average molecular weight is 482 g/mol. The number of nitrogens with zero attached hydrogens (tertiary/aromatic N) is 1. The molecule has 2 heterocycles. The molecule has 0 amide bonds. The van der Waals surface area contributed by atoms with Gasteiger partial charge in [-0.3, -0.25) is 4.79 Å². The molecule has 0 unspecified atom stereocenters. The third-order valence-corrected chi connectivity index (χ3v) is 5.96. The lowest BCUT2D eigenvalue weighted by atomic mass is 10.1. The van der Waals surface area contributed by atoms with Crippen molar-refractivity contribution in [2.75, 3.05) is 7.11 Å². The molecule has 0 bridgehead atoms. The summed E-state index contributed by atoms with van der Waals surface area (Å²) in [5.41, 5.74) is 0.984. The fourth-order valence-electron chi connectivity index (χ4n) is 3.09. The fourth-order valence-corrected chi connectivity index (χ4v) is 4.49. The maximum atomic E-state index is 12.7. The molecule has 0 saturated carbocycles. The Morgan fingerprint density at radius 3 is 2.62 bits per heavy atom. The van der Waals surface area contributed by atoms with Crippen molar-refractivity contribution in [2.45, 2.75) is 19.2 Å². The van der Waals surface area contributed by atoms with Crippen LogP contribution in [-0.2, 0) is 28.7 Å². The first-order chi connectivity index (χ1) is 15.2. The van der Waals surface area contributed by atoms with Gasteiger partial charge in [-0.1, -0.05) is 28.9 Å². The number of fused-ring (bicyclic) bond motifs is 1. The van der Waals surface area contributed by atoms with Crippen LogP contribution in [0.4, 0.5) is 13.2 Å². The first-order valence-corrected chi connectivity index (χ1v) is 10.5. The third kappa shape index (κ3) is 4.73. The van der Waals surface area contributed by atoms with Gasteiger partial charge >= 0.3 is 12.1 Å². The van der Waals surface area contributed by atoms with Crippen molar-refractivity contribution >= 4 is 39.0 Å². The molecule has 0 aliphatic carbocycles. The molecule has 2 aromatic carbocycles. The van der Waals surface area contributed by atoms with Crippen LogP contribution >= 0.6 is 22.9 Å². The van der Waals surface area contributed by atoms with Crippen LogP contribution in [-0.4, -0.2) is 18.2 Å². The third-order valence-electron chi connectivity index (χ3n) is 4.68. The number of thiophene rings is 1. The Balaban J connectivity index is 1.46. The number of halogens is 4. The molecular weight excluding hydrogens is 467 g/mol. The maximum Gasteiger partial charge on any atom is 0.416 e. The topological polar surface area (TPSA) is 61.6 Å². The van der Waals surface area contributed by atoms with Gasteiger partial charge in [0.2, 0.25) is 0 Å². The average Bonchev–Trinajstić information content (AvgIpc) is 3.39. The number of carbonyl (C=O) groups excluding carboxylic acids is 1. The number of alkyl halides is 3. The Kier molecular flexibility index (Phi) is 6.12. The number of methoxy groups -OCH3 is 1. The van der Waals surface area contributed by atoms with E-state index in [1.807, 2.05) is 11.4 Å². The number of esters is 1. The van der Waals surface area contributed by atoms with Crippen LogP contribution in [0.2, 0.25) is 5.02 Å². The number of hydrogen-bond acceptors (Lipinski definition) is 6. The van der Waals surface area contributed by atoms with Crippen molar-refractivity contribution in [3.63, 3.8) is 0 Å². The van der Waals surface area contributed by atoms with Crippen molar-refractivity contribution in [1.82, 2.24) is 5.16 Å². The van der Waals surface area contributed by atoms with Crippen LogP contribution in [0.25, 0.3) is 21.4 Å². The molecule has 0 spiro atoms. The lowest BCUT2D eigenvalue weighted by Crippen LogP contribution is -2.03. The van der Waals surface area contributed by atoms with E-state index in [1.54, 1.807) is 12.1 Å². The summed E-state index contributed by atoms with van der Waals surface area (Å²) < 4.78 is 54.7. The summed E-state index contributed by atoms with van der Waals surface area (Å²) in [6, 6.07) is 9.68. The summed E-state index contributed by atoms with van der Waals surface area (Å²) in [4.78, 5) is 11.6. The Morgan fingerprint density at radius 2 is 1.94 bits per heavy atom. The first kappa shape index (κ1) is 22.2. The number of rotatable bonds is 6. The Bertz CT molecular complexity index is 1260. The highest BCUT2D eigenvalue weighted by Gasteiger charge is 2.30. The Morgan fingerprint density at radius 1 is 1.19 bits per heavy atom. The second-order valence-corrected chi connectivity index (χ2v) is 8.16. The number of aromatic nitrogens is 1. The minimum Gasteiger partial charge on any atom is -0.487 e. The molecule has 0 N–H and O–H groups in total. The van der Waals surface area contributed by atoms with Gasteiger partial charge in [0.1, 0.15) is 18.1 Å². The summed E-state index contributed by atoms with van der Waals surface area (Å²) in [5.74, 6) is 0.487. The summed E-state index contributed by atoms with van der Waals surface area (Å²) in [7, 11) is 1.33. The Hall–Kier alpha value is -3.04. The second kappa shape index (κ2) is 8.84. The van der Waals surface area contributed by atoms with Crippen molar-refractivity contribution < 1.29 is 32.0 Å². The first-order valence-electron chi connectivity index (χ1n) is 9.27. The standard InChI is InChI=1S/C22H15ClF3NO4S/c1-29-20(28)6-13-11-32-19-9-16(8-17(23)21(13)19)30-10-15-7-18(31-27-15)12-2-4-14(5-3-12)22(24,25)26/h2-5,7-9,11H,6,10H2,1H3. The zero-order valence-corrected chi connectivity index (χ0v) is 18.1. The van der Waals surface area contributed by atoms with E-state index in [2.05, 4.69) is 5.16 Å². The summed E-state index contributed by atoms with van der Waals surface area (Å²) in [6.45, 7) is 0.0758. The van der Waals surface area contributed by atoms with Crippen LogP contribution in [0.1, 0.15) is 16.8 Å². The molecule has 2 aromatic heterocycles. The number of benzene rings is 2. The highest BCUT2D eigenvalue weighted by atomic mass is 35.5. The summed E-state index contributed by atoms with van der Waals surface area (Å²) in [6.07, 6.45) is -4.27. The number of ether oxygens (including phenoxy) is 2. The summed E-state index contributed by atoms with van der Waals surface area (Å²) >= 11 is 7.84. The van der Waals surface area contributed by atoms with E-state index >= 15 is 0 Å². The van der Waals surface area contributed by atoms with E-state index in [0.29, 0.717) is 27.8 Å². The van der Waals surface area contributed by atoms with E-state index in [9.17, 15) is 18.0 Å². The van der Waals surface area contributed by atoms with Gasteiger partial charge in [0.05, 0.1) is 24.1 Å². The van der Waals surface area contributed by atoms with Crippen molar-refractivity contribution in [1.29, 1.82) is 0 Å². The minimum absolute atomic E-state index is 0.0758. The van der Waals surface area contributed by atoms with Gasteiger partial charge in [-0.25, -0.2) is 0 Å². The molecule has 0 aliphatic heterocycles. The van der Waals surface area contributed by atoms with Crippen LogP contribution in [0.15, 0.2) is 52.4 Å². The molecule has 4 rings (SSSR count). The van der Waals surface area contributed by atoms with Crippen LogP contribution in [0.5, 0.6) is 5.75 Å². The van der Waals surface area contributed by atoms with Crippen LogP contribution < -0.4 is 4.74 Å². The summed E-state index contributed by atoms with van der Waals surface area (Å²) in [5, 5.41) is 6.98. The van der Waals surface area contributed by atoms with Gasteiger partial charge in [0.25, 0.3) is 0 Å². The Labute approximate surface area is 189 Å². The van der Waals surface area contributed by atoms with Gasteiger partial charge in [0.15, 0.2) is 5.76 Å². The van der Waals surface area contributed by atoms with Crippen molar-refractivity contribution in [2.24, 2.45) is 0 Å². The zero-order valence-electron chi connectivity index (χ0n) is 16.5. The van der Waals surface area contributed by atoms with Crippen LogP contribution in [0.3, 0.4) is 0 Å². The van der Waals surface area contributed by atoms with E-state index in [4.69, 9.17) is 25.6 Å². The quantitative estimate of drug-likeness (QED) is 0.293. The van der Waals surface area contributed by atoms with Gasteiger partial charge in [-0.15, -0.1) is 11.3 Å². The van der Waals surface area contributed by atoms with Crippen molar-refractivity contribution in [3.05, 3.63) is 69.7 Å². The lowest BCUT2D eigenvalue weighted by molar-refractivity contribution is -0.140. The molecule has 0 fully saturated rings.